The van der Waals surface area contributed by atoms with Crippen LogP contribution >= 0.6 is 0 Å². The molecule has 116 valence electrons. The zero-order valence-electron chi connectivity index (χ0n) is 12.9. The number of rotatable bonds is 3. The number of aliphatic imine (C=N–C) groups is 1. The Balaban J connectivity index is 1.62. The number of hydrogen-bond acceptors (Lipinski definition) is 5. The van der Waals surface area contributed by atoms with Crippen molar-refractivity contribution in [2.75, 3.05) is 6.54 Å². The Morgan fingerprint density at radius 1 is 1.23 bits per heavy atom. The molecule has 2 bridgehead atoms. The minimum absolute atomic E-state index is 0.0160. The predicted molar refractivity (Wildman–Crippen MR) is 81.9 cm³/mol. The Labute approximate surface area is 130 Å². The molecular formula is C17H20N2O3. The zero-order valence-corrected chi connectivity index (χ0v) is 12.9. The third-order valence-corrected chi connectivity index (χ3v) is 4.78. The van der Waals surface area contributed by atoms with Crippen molar-refractivity contribution in [2.24, 2.45) is 4.99 Å². The van der Waals surface area contributed by atoms with Crippen LogP contribution in [-0.2, 0) is 20.8 Å². The van der Waals surface area contributed by atoms with Crippen molar-refractivity contribution in [3.05, 3.63) is 48.4 Å². The van der Waals surface area contributed by atoms with E-state index in [0.717, 1.165) is 19.5 Å². The maximum absolute atomic E-state index is 5.94. The number of nitrogens with zero attached hydrogens (tertiary/aromatic N) is 2. The monoisotopic (exact) mass is 300 g/mol. The van der Waals surface area contributed by atoms with Gasteiger partial charge in [-0.25, -0.2) is 4.99 Å². The summed E-state index contributed by atoms with van der Waals surface area (Å²) in [5.41, 5.74) is 0.834. The van der Waals surface area contributed by atoms with Crippen LogP contribution in [0, 0.1) is 0 Å². The van der Waals surface area contributed by atoms with E-state index in [1.54, 1.807) is 12.5 Å². The van der Waals surface area contributed by atoms with Gasteiger partial charge in [0.25, 0.3) is 5.79 Å². The summed E-state index contributed by atoms with van der Waals surface area (Å²) in [5.74, 6) is -0.0611. The lowest BCUT2D eigenvalue weighted by molar-refractivity contribution is -0.175. The molecule has 0 saturated carbocycles. The van der Waals surface area contributed by atoms with E-state index in [1.165, 1.54) is 5.56 Å². The summed E-state index contributed by atoms with van der Waals surface area (Å²) in [7, 11) is 0. The van der Waals surface area contributed by atoms with Crippen LogP contribution in [0.15, 0.2) is 47.8 Å². The van der Waals surface area contributed by atoms with Gasteiger partial charge in [0, 0.05) is 33.4 Å². The van der Waals surface area contributed by atoms with Gasteiger partial charge in [-0.15, -0.1) is 0 Å². The Morgan fingerprint density at radius 2 is 1.95 bits per heavy atom. The minimum atomic E-state index is -0.762. The summed E-state index contributed by atoms with van der Waals surface area (Å²) in [5, 5.41) is 0. The molecule has 22 heavy (non-hydrogen) atoms. The first-order chi connectivity index (χ1) is 10.6. The molecule has 1 fully saturated rings. The number of fused-ring (bicyclic) bond motifs is 2. The van der Waals surface area contributed by atoms with Crippen molar-refractivity contribution in [3.8, 4) is 0 Å². The van der Waals surface area contributed by atoms with Crippen molar-refractivity contribution in [1.29, 1.82) is 0 Å². The van der Waals surface area contributed by atoms with Crippen molar-refractivity contribution >= 4 is 5.90 Å². The van der Waals surface area contributed by atoms with E-state index in [1.807, 2.05) is 19.9 Å². The molecule has 0 amide bonds. The molecular weight excluding hydrogens is 280 g/mol. The molecule has 5 heteroatoms. The van der Waals surface area contributed by atoms with E-state index in [0.29, 0.717) is 5.90 Å². The molecule has 0 radical (unpaired) electrons. The Kier molecular flexibility index (Phi) is 2.94. The number of likely N-dealkylation sites (tertiary alicyclic amines) is 1. The van der Waals surface area contributed by atoms with Gasteiger partial charge in [-0.3, -0.25) is 4.90 Å². The molecule has 3 aliphatic rings. The third-order valence-electron chi connectivity index (χ3n) is 4.78. The van der Waals surface area contributed by atoms with E-state index in [9.17, 15) is 0 Å². The van der Waals surface area contributed by atoms with Gasteiger partial charge in [0.15, 0.2) is 17.7 Å². The van der Waals surface area contributed by atoms with Crippen molar-refractivity contribution in [2.45, 2.75) is 44.4 Å². The summed E-state index contributed by atoms with van der Waals surface area (Å²) in [6.07, 6.45) is 3.99. The number of hydrogen-bond donors (Lipinski definition) is 0. The van der Waals surface area contributed by atoms with Crippen molar-refractivity contribution < 1.29 is 14.2 Å². The first kappa shape index (κ1) is 13.6. The summed E-state index contributed by atoms with van der Waals surface area (Å²) >= 11 is 0. The highest BCUT2D eigenvalue weighted by molar-refractivity contribution is 5.75. The average Bonchev–Trinajstić information content (AvgIpc) is 3.05. The summed E-state index contributed by atoms with van der Waals surface area (Å²) in [6, 6.07) is 10.4. The lowest BCUT2D eigenvalue weighted by atomic mass is 9.88. The molecule has 3 aliphatic heterocycles. The van der Waals surface area contributed by atoms with Gasteiger partial charge in [-0.2, -0.15) is 0 Å². The third kappa shape index (κ3) is 2.00. The molecule has 1 unspecified atom stereocenters. The smallest absolute Gasteiger partial charge is 0.273 e. The van der Waals surface area contributed by atoms with Crippen LogP contribution in [-0.4, -0.2) is 34.9 Å². The minimum Gasteiger partial charge on any atom is -0.462 e. The van der Waals surface area contributed by atoms with Crippen LogP contribution in [0.25, 0.3) is 0 Å². The molecule has 1 aromatic rings. The van der Waals surface area contributed by atoms with E-state index in [2.05, 4.69) is 29.2 Å². The van der Waals surface area contributed by atoms with Crippen LogP contribution in [0.4, 0.5) is 0 Å². The van der Waals surface area contributed by atoms with Gasteiger partial charge in [0.1, 0.15) is 12.5 Å². The molecule has 5 nitrogen and oxygen atoms in total. The summed E-state index contributed by atoms with van der Waals surface area (Å²) < 4.78 is 17.4. The second-order valence-electron chi connectivity index (χ2n) is 6.28. The molecule has 3 heterocycles. The largest absolute Gasteiger partial charge is 0.462 e. The van der Waals surface area contributed by atoms with Gasteiger partial charge in [0.05, 0.1) is 0 Å². The van der Waals surface area contributed by atoms with E-state index >= 15 is 0 Å². The van der Waals surface area contributed by atoms with Crippen LogP contribution in [0.2, 0.25) is 0 Å². The van der Waals surface area contributed by atoms with Gasteiger partial charge >= 0.3 is 0 Å². The van der Waals surface area contributed by atoms with E-state index in [-0.39, 0.29) is 6.23 Å². The zero-order chi connectivity index (χ0) is 15.2. The standard InChI is InChI=1S/C17H20N2O3/c1-13-18-17(16(2)20-8-9-21-16)10-15(22-13)19(12-17)11-14-6-4-3-5-7-14/h3-9,15H,10-12H2,1-2H3/t15?,17-/m1/s1. The van der Waals surface area contributed by atoms with Crippen molar-refractivity contribution in [1.82, 2.24) is 4.90 Å². The van der Waals surface area contributed by atoms with E-state index < -0.39 is 11.3 Å². The second-order valence-corrected chi connectivity index (χ2v) is 6.28. The van der Waals surface area contributed by atoms with Gasteiger partial charge in [0.2, 0.25) is 0 Å². The molecule has 0 aromatic heterocycles. The summed E-state index contributed by atoms with van der Waals surface area (Å²) in [4.78, 5) is 7.09. The molecule has 0 N–H and O–H groups in total. The maximum Gasteiger partial charge on any atom is 0.273 e. The lowest BCUT2D eigenvalue weighted by Gasteiger charge is -2.39. The quantitative estimate of drug-likeness (QED) is 0.861. The van der Waals surface area contributed by atoms with Gasteiger partial charge in [-0.1, -0.05) is 30.3 Å². The first-order valence-electron chi connectivity index (χ1n) is 7.62. The molecule has 1 saturated heterocycles. The highest BCUT2D eigenvalue weighted by Gasteiger charge is 2.62. The van der Waals surface area contributed by atoms with E-state index in [4.69, 9.17) is 19.2 Å². The number of ether oxygens (including phenoxy) is 3. The molecule has 0 aliphatic carbocycles. The van der Waals surface area contributed by atoms with Gasteiger partial charge in [-0.05, 0) is 5.56 Å². The fourth-order valence-electron chi connectivity index (χ4n) is 3.61. The topological polar surface area (TPSA) is 43.3 Å². The highest BCUT2D eigenvalue weighted by atomic mass is 16.7. The van der Waals surface area contributed by atoms with Crippen LogP contribution in [0.3, 0.4) is 0 Å². The lowest BCUT2D eigenvalue weighted by Crippen LogP contribution is -2.54. The summed E-state index contributed by atoms with van der Waals surface area (Å²) in [6.45, 7) is 5.44. The average molecular weight is 300 g/mol. The predicted octanol–water partition coefficient (Wildman–Crippen LogP) is 2.64. The highest BCUT2D eigenvalue weighted by Crippen LogP contribution is 2.46. The molecule has 0 spiro atoms. The normalized spacial score (nSPS) is 32.1. The van der Waals surface area contributed by atoms with Crippen LogP contribution in [0.1, 0.15) is 25.8 Å². The Morgan fingerprint density at radius 3 is 2.68 bits per heavy atom. The Bertz CT molecular complexity index is 620. The Hall–Kier alpha value is -2.01. The maximum atomic E-state index is 5.94. The van der Waals surface area contributed by atoms with Crippen LogP contribution in [0.5, 0.6) is 0 Å². The fraction of sp³-hybridized carbons (Fsp3) is 0.471. The second kappa shape index (κ2) is 4.74. The van der Waals surface area contributed by atoms with Crippen LogP contribution < -0.4 is 0 Å². The van der Waals surface area contributed by atoms with Crippen molar-refractivity contribution in [3.63, 3.8) is 0 Å². The number of benzene rings is 1. The molecule has 1 aromatic carbocycles. The fourth-order valence-corrected chi connectivity index (χ4v) is 3.61. The molecule has 2 atom stereocenters. The molecule has 4 rings (SSSR count). The van der Waals surface area contributed by atoms with Gasteiger partial charge < -0.3 is 14.2 Å². The first-order valence-corrected chi connectivity index (χ1v) is 7.62. The SMILES string of the molecule is CC1=N[C@]2(C3(C)OC=CO3)CC(O1)N(Cc1ccccc1)C2.